The van der Waals surface area contributed by atoms with Gasteiger partial charge in [0, 0.05) is 11.7 Å². The zero-order valence-corrected chi connectivity index (χ0v) is 17.7. The molecule has 1 amide bonds. The third kappa shape index (κ3) is 4.83. The smallest absolute Gasteiger partial charge is 0.270 e. The van der Waals surface area contributed by atoms with Gasteiger partial charge < -0.3 is 10.1 Å². The fraction of sp³-hybridized carbons (Fsp3) is 0.154. The predicted molar refractivity (Wildman–Crippen MR) is 123 cm³/mol. The molecule has 1 heterocycles. The van der Waals surface area contributed by atoms with Gasteiger partial charge in [-0.15, -0.1) is 0 Å². The zero-order chi connectivity index (χ0) is 21.6. The Morgan fingerprint density at radius 3 is 2.45 bits per heavy atom. The van der Waals surface area contributed by atoms with Crippen LogP contribution in [-0.4, -0.2) is 21.5 Å². The Bertz CT molecular complexity index is 1150. The lowest BCUT2D eigenvalue weighted by Gasteiger charge is -2.13. The molecule has 5 heteroatoms. The Morgan fingerprint density at radius 2 is 1.71 bits per heavy atom. The topological polar surface area (TPSA) is 56.2 Å². The van der Waals surface area contributed by atoms with Crippen molar-refractivity contribution >= 4 is 5.91 Å². The summed E-state index contributed by atoms with van der Waals surface area (Å²) in [6.07, 6.45) is 4.14. The number of amides is 1. The van der Waals surface area contributed by atoms with Crippen LogP contribution >= 0.6 is 0 Å². The highest BCUT2D eigenvalue weighted by atomic mass is 16.5. The quantitative estimate of drug-likeness (QED) is 0.414. The monoisotopic (exact) mass is 411 g/mol. The van der Waals surface area contributed by atoms with Gasteiger partial charge >= 0.3 is 0 Å². The van der Waals surface area contributed by atoms with E-state index in [1.165, 1.54) is 0 Å². The van der Waals surface area contributed by atoms with Crippen LogP contribution in [0.25, 0.3) is 16.8 Å². The van der Waals surface area contributed by atoms with Crippen LogP contribution < -0.4 is 10.1 Å². The van der Waals surface area contributed by atoms with Crippen LogP contribution in [0.4, 0.5) is 0 Å². The van der Waals surface area contributed by atoms with Gasteiger partial charge in [0.25, 0.3) is 5.91 Å². The van der Waals surface area contributed by atoms with E-state index < -0.39 is 0 Å². The maximum atomic E-state index is 12.6. The molecular formula is C26H25N3O2. The van der Waals surface area contributed by atoms with Crippen LogP contribution in [0.1, 0.15) is 30.8 Å². The summed E-state index contributed by atoms with van der Waals surface area (Å²) in [6.45, 7) is 4.03. The zero-order valence-electron chi connectivity index (χ0n) is 17.7. The van der Waals surface area contributed by atoms with Gasteiger partial charge in [0.05, 0.1) is 12.5 Å². The minimum atomic E-state index is -0.125. The molecule has 0 unspecified atom stereocenters. The number of nitrogens with one attached hydrogen (secondary N) is 1. The van der Waals surface area contributed by atoms with Crippen LogP contribution in [-0.2, 0) is 0 Å². The summed E-state index contributed by atoms with van der Waals surface area (Å²) in [5, 5.41) is 3.00. The van der Waals surface area contributed by atoms with Crippen LogP contribution in [0, 0.1) is 0 Å². The van der Waals surface area contributed by atoms with Gasteiger partial charge in [0.15, 0.2) is 0 Å². The molecule has 0 aliphatic carbocycles. The fourth-order valence-corrected chi connectivity index (χ4v) is 3.24. The van der Waals surface area contributed by atoms with E-state index in [9.17, 15) is 4.79 Å². The number of aromatic nitrogens is 2. The van der Waals surface area contributed by atoms with Gasteiger partial charge in [-0.2, -0.15) is 0 Å². The molecule has 31 heavy (non-hydrogen) atoms. The molecule has 0 saturated heterocycles. The lowest BCUT2D eigenvalue weighted by atomic mass is 10.0. The third-order valence-corrected chi connectivity index (χ3v) is 5.15. The second kappa shape index (κ2) is 9.30. The molecule has 4 rings (SSSR count). The number of carbonyl (C=O) groups excluding carboxylic acids is 1. The first-order chi connectivity index (χ1) is 15.1. The van der Waals surface area contributed by atoms with Gasteiger partial charge in [-0.25, -0.2) is 4.98 Å². The standard InChI is InChI=1S/C26H25N3O2/c1-3-19(2)28-26(30)25-17-27-18-29(25)22-9-7-8-21(16-22)20-12-14-24(15-13-20)31-23-10-5-4-6-11-23/h4-19H,3H2,1-2H3,(H,28,30)/t19-/m1/s1. The van der Waals surface area contributed by atoms with E-state index in [0.717, 1.165) is 34.7 Å². The maximum absolute atomic E-state index is 12.6. The summed E-state index contributed by atoms with van der Waals surface area (Å²) in [7, 11) is 0. The lowest BCUT2D eigenvalue weighted by Crippen LogP contribution is -2.33. The molecule has 156 valence electrons. The number of benzene rings is 3. The Kier molecular flexibility index (Phi) is 6.13. The van der Waals surface area contributed by atoms with E-state index in [-0.39, 0.29) is 11.9 Å². The molecule has 4 aromatic rings. The summed E-state index contributed by atoms with van der Waals surface area (Å²) in [5.41, 5.74) is 3.51. The molecule has 0 saturated carbocycles. The van der Waals surface area contributed by atoms with E-state index in [4.69, 9.17) is 4.74 Å². The summed E-state index contributed by atoms with van der Waals surface area (Å²) in [5.74, 6) is 1.46. The summed E-state index contributed by atoms with van der Waals surface area (Å²) >= 11 is 0. The predicted octanol–water partition coefficient (Wildman–Crippen LogP) is 5.86. The highest BCUT2D eigenvalue weighted by Gasteiger charge is 2.15. The van der Waals surface area contributed by atoms with Crippen molar-refractivity contribution in [2.45, 2.75) is 26.3 Å². The van der Waals surface area contributed by atoms with Crippen molar-refractivity contribution in [3.63, 3.8) is 0 Å². The van der Waals surface area contributed by atoms with E-state index in [1.807, 2.05) is 91.2 Å². The molecular weight excluding hydrogens is 386 g/mol. The number of carbonyl (C=O) groups is 1. The number of imidazole rings is 1. The van der Waals surface area contributed by atoms with Crippen molar-refractivity contribution in [2.75, 3.05) is 0 Å². The van der Waals surface area contributed by atoms with Gasteiger partial charge in [0.2, 0.25) is 0 Å². The molecule has 5 nitrogen and oxygen atoms in total. The van der Waals surface area contributed by atoms with Crippen molar-refractivity contribution < 1.29 is 9.53 Å². The minimum absolute atomic E-state index is 0.110. The molecule has 3 aromatic carbocycles. The second-order valence-electron chi connectivity index (χ2n) is 7.42. The van der Waals surface area contributed by atoms with Gasteiger partial charge in [-0.05, 0) is 60.9 Å². The SMILES string of the molecule is CC[C@@H](C)NC(=O)c1cncn1-c1cccc(-c2ccc(Oc3ccccc3)cc2)c1. The largest absolute Gasteiger partial charge is 0.457 e. The van der Waals surface area contributed by atoms with Gasteiger partial charge in [-0.3, -0.25) is 9.36 Å². The Labute approximate surface area is 182 Å². The first-order valence-electron chi connectivity index (χ1n) is 10.4. The number of hydrogen-bond donors (Lipinski definition) is 1. The summed E-state index contributed by atoms with van der Waals surface area (Å²) in [4.78, 5) is 16.8. The van der Waals surface area contributed by atoms with Gasteiger partial charge in [0.1, 0.15) is 17.2 Å². The van der Waals surface area contributed by atoms with Crippen molar-refractivity contribution in [3.8, 4) is 28.3 Å². The number of para-hydroxylation sites is 1. The molecule has 0 fully saturated rings. The minimum Gasteiger partial charge on any atom is -0.457 e. The van der Waals surface area contributed by atoms with Crippen molar-refractivity contribution in [1.82, 2.24) is 14.9 Å². The van der Waals surface area contributed by atoms with Crippen molar-refractivity contribution in [2.24, 2.45) is 0 Å². The van der Waals surface area contributed by atoms with Crippen molar-refractivity contribution in [1.29, 1.82) is 0 Å². The van der Waals surface area contributed by atoms with Gasteiger partial charge in [-0.1, -0.05) is 49.4 Å². The maximum Gasteiger partial charge on any atom is 0.270 e. The lowest BCUT2D eigenvalue weighted by molar-refractivity contribution is 0.0932. The Morgan fingerprint density at radius 1 is 0.968 bits per heavy atom. The average Bonchev–Trinajstić information content (AvgIpc) is 3.30. The molecule has 0 aliphatic heterocycles. The number of rotatable bonds is 7. The summed E-state index contributed by atoms with van der Waals surface area (Å²) < 4.78 is 7.69. The Balaban J connectivity index is 1.56. The molecule has 0 aliphatic rings. The van der Waals surface area contributed by atoms with Crippen LogP contribution in [0.2, 0.25) is 0 Å². The fourth-order valence-electron chi connectivity index (χ4n) is 3.24. The van der Waals surface area contributed by atoms with E-state index in [0.29, 0.717) is 5.69 Å². The molecule has 1 N–H and O–H groups in total. The highest BCUT2D eigenvalue weighted by molar-refractivity contribution is 5.93. The second-order valence-corrected chi connectivity index (χ2v) is 7.42. The molecule has 1 atom stereocenters. The van der Waals surface area contributed by atoms with E-state index in [1.54, 1.807) is 12.5 Å². The summed E-state index contributed by atoms with van der Waals surface area (Å²) in [6, 6.07) is 25.8. The van der Waals surface area contributed by atoms with E-state index >= 15 is 0 Å². The molecule has 1 aromatic heterocycles. The Hall–Kier alpha value is -3.86. The normalized spacial score (nSPS) is 11.7. The van der Waals surface area contributed by atoms with E-state index in [2.05, 4.69) is 16.4 Å². The van der Waals surface area contributed by atoms with Crippen LogP contribution in [0.3, 0.4) is 0 Å². The van der Waals surface area contributed by atoms with Crippen LogP contribution in [0.15, 0.2) is 91.4 Å². The average molecular weight is 412 g/mol. The number of nitrogens with zero attached hydrogens (tertiary/aromatic N) is 2. The van der Waals surface area contributed by atoms with Crippen molar-refractivity contribution in [3.05, 3.63) is 97.1 Å². The molecule has 0 radical (unpaired) electrons. The number of ether oxygens (including phenoxy) is 1. The highest BCUT2D eigenvalue weighted by Crippen LogP contribution is 2.27. The molecule has 0 bridgehead atoms. The number of hydrogen-bond acceptors (Lipinski definition) is 3. The van der Waals surface area contributed by atoms with Crippen LogP contribution in [0.5, 0.6) is 11.5 Å². The first kappa shape index (κ1) is 20.4. The third-order valence-electron chi connectivity index (χ3n) is 5.15. The first-order valence-corrected chi connectivity index (χ1v) is 10.4. The molecule has 0 spiro atoms.